The molecule has 19 heavy (non-hydrogen) atoms. The molecule has 1 aromatic rings. The Hall–Kier alpha value is -0.530. The molecule has 0 aliphatic rings. The highest BCUT2D eigenvalue weighted by atomic mass is 35.5. The summed E-state index contributed by atoms with van der Waals surface area (Å²) in [6.45, 7) is 13.5. The molecule has 0 radical (unpaired) electrons. The van der Waals surface area contributed by atoms with Gasteiger partial charge in [0.15, 0.2) is 0 Å². The second kappa shape index (κ2) is 6.28. The first kappa shape index (κ1) is 16.5. The van der Waals surface area contributed by atoms with Gasteiger partial charge < -0.3 is 5.32 Å². The number of rotatable bonds is 4. The lowest BCUT2D eigenvalue weighted by Gasteiger charge is -2.31. The topological polar surface area (TPSA) is 12.0 Å². The largest absolute Gasteiger partial charge is 0.313 e. The molecule has 2 atom stereocenters. The summed E-state index contributed by atoms with van der Waals surface area (Å²) in [6.07, 6.45) is 1.14. The van der Waals surface area contributed by atoms with Gasteiger partial charge in [0.25, 0.3) is 0 Å². The summed E-state index contributed by atoms with van der Waals surface area (Å²) >= 11 is 6.19. The van der Waals surface area contributed by atoms with Gasteiger partial charge in [-0.2, -0.15) is 0 Å². The standard InChI is InChI=1S/C17H28ClN/c1-11-9-15(18)12(2)8-14(11)16(19-7)10-13(3)17(4,5)6/h8-9,13,16,19H,10H2,1-7H3. The number of aryl methyl sites for hydroxylation is 2. The normalized spacial score (nSPS) is 15.4. The number of benzene rings is 1. The molecule has 0 heterocycles. The highest BCUT2D eigenvalue weighted by Crippen LogP contribution is 2.35. The van der Waals surface area contributed by atoms with Crippen LogP contribution in [0.15, 0.2) is 12.1 Å². The van der Waals surface area contributed by atoms with Gasteiger partial charge in [-0.05, 0) is 61.4 Å². The fourth-order valence-corrected chi connectivity index (χ4v) is 2.50. The minimum Gasteiger partial charge on any atom is -0.313 e. The maximum atomic E-state index is 6.19. The van der Waals surface area contributed by atoms with Crippen molar-refractivity contribution in [1.82, 2.24) is 5.32 Å². The third-order valence-corrected chi connectivity index (χ3v) is 4.75. The molecule has 0 fully saturated rings. The minimum absolute atomic E-state index is 0.338. The number of hydrogen-bond acceptors (Lipinski definition) is 1. The minimum atomic E-state index is 0.338. The highest BCUT2D eigenvalue weighted by molar-refractivity contribution is 6.31. The highest BCUT2D eigenvalue weighted by Gasteiger charge is 2.24. The lowest BCUT2D eigenvalue weighted by atomic mass is 9.77. The second-order valence-corrected chi connectivity index (χ2v) is 7.21. The molecule has 0 saturated carbocycles. The Morgan fingerprint density at radius 1 is 1.16 bits per heavy atom. The van der Waals surface area contributed by atoms with Gasteiger partial charge in [0.2, 0.25) is 0 Å². The Morgan fingerprint density at radius 3 is 2.21 bits per heavy atom. The van der Waals surface area contributed by atoms with E-state index in [1.807, 2.05) is 7.05 Å². The van der Waals surface area contributed by atoms with Gasteiger partial charge in [0.1, 0.15) is 0 Å². The summed E-state index contributed by atoms with van der Waals surface area (Å²) < 4.78 is 0. The first-order valence-corrected chi connectivity index (χ1v) is 7.48. The van der Waals surface area contributed by atoms with Gasteiger partial charge in [-0.1, -0.05) is 45.4 Å². The molecule has 0 aromatic heterocycles. The fourth-order valence-electron chi connectivity index (χ4n) is 2.29. The predicted octanol–water partition coefficient (Wildman–Crippen LogP) is 5.29. The van der Waals surface area contributed by atoms with E-state index in [-0.39, 0.29) is 0 Å². The molecule has 2 heteroatoms. The van der Waals surface area contributed by atoms with E-state index in [1.54, 1.807) is 0 Å². The average Bonchev–Trinajstić information content (AvgIpc) is 2.29. The molecule has 0 saturated heterocycles. The van der Waals surface area contributed by atoms with Crippen molar-refractivity contribution in [2.75, 3.05) is 7.05 Å². The van der Waals surface area contributed by atoms with Gasteiger partial charge in [-0.3, -0.25) is 0 Å². The van der Waals surface area contributed by atoms with Crippen LogP contribution in [0.2, 0.25) is 5.02 Å². The molecule has 0 aliphatic carbocycles. The van der Waals surface area contributed by atoms with Crippen LogP contribution >= 0.6 is 11.6 Å². The van der Waals surface area contributed by atoms with Crippen molar-refractivity contribution < 1.29 is 0 Å². The Labute approximate surface area is 123 Å². The third-order valence-electron chi connectivity index (χ3n) is 4.34. The van der Waals surface area contributed by atoms with Crippen LogP contribution in [0.25, 0.3) is 0 Å². The molecule has 0 amide bonds. The lowest BCUT2D eigenvalue weighted by Crippen LogP contribution is -2.26. The monoisotopic (exact) mass is 281 g/mol. The van der Waals surface area contributed by atoms with E-state index < -0.39 is 0 Å². The van der Waals surface area contributed by atoms with Crippen molar-refractivity contribution in [1.29, 1.82) is 0 Å². The average molecular weight is 282 g/mol. The summed E-state index contributed by atoms with van der Waals surface area (Å²) in [6, 6.07) is 4.71. The Morgan fingerprint density at radius 2 is 1.74 bits per heavy atom. The molecule has 1 rings (SSSR count). The van der Waals surface area contributed by atoms with Gasteiger partial charge >= 0.3 is 0 Å². The predicted molar refractivity (Wildman–Crippen MR) is 86.0 cm³/mol. The maximum Gasteiger partial charge on any atom is 0.0438 e. The Kier molecular flexibility index (Phi) is 5.46. The number of hydrogen-bond donors (Lipinski definition) is 1. The first-order valence-electron chi connectivity index (χ1n) is 7.10. The van der Waals surface area contributed by atoms with Crippen molar-refractivity contribution in [2.45, 2.75) is 54.0 Å². The Bertz CT molecular complexity index is 432. The van der Waals surface area contributed by atoms with Crippen LogP contribution in [0.5, 0.6) is 0 Å². The van der Waals surface area contributed by atoms with Crippen molar-refractivity contribution in [3.63, 3.8) is 0 Å². The molecule has 2 unspecified atom stereocenters. The Balaban J connectivity index is 3.01. The van der Waals surface area contributed by atoms with E-state index in [4.69, 9.17) is 11.6 Å². The van der Waals surface area contributed by atoms with Crippen LogP contribution in [0, 0.1) is 25.2 Å². The molecule has 108 valence electrons. The van der Waals surface area contributed by atoms with Crippen molar-refractivity contribution in [3.8, 4) is 0 Å². The van der Waals surface area contributed by atoms with Crippen LogP contribution in [-0.4, -0.2) is 7.05 Å². The van der Waals surface area contributed by atoms with Crippen molar-refractivity contribution in [2.24, 2.45) is 11.3 Å². The van der Waals surface area contributed by atoms with E-state index >= 15 is 0 Å². The molecule has 0 bridgehead atoms. The second-order valence-electron chi connectivity index (χ2n) is 6.80. The number of halogens is 1. The summed E-state index contributed by atoms with van der Waals surface area (Å²) in [5.74, 6) is 0.653. The smallest absolute Gasteiger partial charge is 0.0438 e. The zero-order valence-electron chi connectivity index (χ0n) is 13.4. The molecular weight excluding hydrogens is 254 g/mol. The van der Waals surface area contributed by atoms with E-state index in [2.05, 4.69) is 59.0 Å². The van der Waals surface area contributed by atoms with Crippen LogP contribution in [0.1, 0.15) is 56.8 Å². The summed E-state index contributed by atoms with van der Waals surface area (Å²) in [7, 11) is 2.05. The molecule has 1 aromatic carbocycles. The van der Waals surface area contributed by atoms with Gasteiger partial charge in [-0.25, -0.2) is 0 Å². The van der Waals surface area contributed by atoms with Gasteiger partial charge in [0.05, 0.1) is 0 Å². The van der Waals surface area contributed by atoms with Gasteiger partial charge in [0, 0.05) is 11.1 Å². The quantitative estimate of drug-likeness (QED) is 0.791. The fraction of sp³-hybridized carbons (Fsp3) is 0.647. The van der Waals surface area contributed by atoms with Crippen LogP contribution in [0.3, 0.4) is 0 Å². The molecule has 0 spiro atoms. The number of nitrogens with one attached hydrogen (secondary N) is 1. The van der Waals surface area contributed by atoms with E-state index in [1.165, 1.54) is 11.1 Å². The SMILES string of the molecule is CNC(CC(C)C(C)(C)C)c1cc(C)c(Cl)cc1C. The summed E-state index contributed by atoms with van der Waals surface area (Å²) in [4.78, 5) is 0. The van der Waals surface area contributed by atoms with Crippen LogP contribution < -0.4 is 5.32 Å². The van der Waals surface area contributed by atoms with E-state index in [0.717, 1.165) is 17.0 Å². The summed E-state index contributed by atoms with van der Waals surface area (Å²) in [5, 5.41) is 4.33. The molecule has 0 aliphatic heterocycles. The van der Waals surface area contributed by atoms with Crippen molar-refractivity contribution in [3.05, 3.63) is 33.8 Å². The zero-order chi connectivity index (χ0) is 14.8. The van der Waals surface area contributed by atoms with Gasteiger partial charge in [-0.15, -0.1) is 0 Å². The first-order chi connectivity index (χ1) is 8.66. The molecule has 1 nitrogen and oxygen atoms in total. The molecule has 1 N–H and O–H groups in total. The van der Waals surface area contributed by atoms with Crippen LogP contribution in [0.4, 0.5) is 0 Å². The van der Waals surface area contributed by atoms with Crippen LogP contribution in [-0.2, 0) is 0 Å². The maximum absolute atomic E-state index is 6.19. The zero-order valence-corrected chi connectivity index (χ0v) is 14.2. The van der Waals surface area contributed by atoms with Crippen molar-refractivity contribution >= 4 is 11.6 Å². The third kappa shape index (κ3) is 4.22. The summed E-state index contributed by atoms with van der Waals surface area (Å²) in [5.41, 5.74) is 4.15. The van der Waals surface area contributed by atoms with E-state index in [9.17, 15) is 0 Å². The van der Waals surface area contributed by atoms with E-state index in [0.29, 0.717) is 17.4 Å². The molecular formula is C17H28ClN. The lowest BCUT2D eigenvalue weighted by molar-refractivity contribution is 0.226.